The van der Waals surface area contributed by atoms with Gasteiger partial charge in [0.15, 0.2) is 5.92 Å². The second kappa shape index (κ2) is 4.78. The zero-order chi connectivity index (χ0) is 14.2. The van der Waals surface area contributed by atoms with Crippen LogP contribution in [0.25, 0.3) is 0 Å². The van der Waals surface area contributed by atoms with Crippen molar-refractivity contribution in [3.05, 3.63) is 46.0 Å². The molecule has 1 aliphatic heterocycles. The van der Waals surface area contributed by atoms with Crippen LogP contribution in [0, 0.1) is 16.0 Å². The van der Waals surface area contributed by atoms with Crippen LogP contribution < -0.4 is 0 Å². The van der Waals surface area contributed by atoms with E-state index in [1.165, 1.54) is 19.2 Å². The zero-order valence-corrected chi connectivity index (χ0v) is 9.87. The van der Waals surface area contributed by atoms with Gasteiger partial charge in [-0.15, -0.1) is 0 Å². The van der Waals surface area contributed by atoms with Crippen LogP contribution in [0.5, 0.6) is 0 Å². The largest absolute Gasteiger partial charge is 0.403 e. The summed E-state index contributed by atoms with van der Waals surface area (Å²) in [5.41, 5.74) is 0.330. The fourth-order valence-corrected chi connectivity index (χ4v) is 2.26. The van der Waals surface area contributed by atoms with E-state index in [2.05, 4.69) is 0 Å². The topological polar surface area (TPSA) is 55.6 Å². The van der Waals surface area contributed by atoms with Gasteiger partial charge < -0.3 is 0 Å². The molecule has 104 valence electrons. The van der Waals surface area contributed by atoms with Gasteiger partial charge in [-0.1, -0.05) is 30.3 Å². The number of nitro groups is 1. The van der Waals surface area contributed by atoms with Crippen LogP contribution in [-0.2, 0) is 4.84 Å². The predicted molar refractivity (Wildman–Crippen MR) is 58.4 cm³/mol. The van der Waals surface area contributed by atoms with Gasteiger partial charge in [0.2, 0.25) is 0 Å². The molecule has 0 radical (unpaired) electrons. The molecule has 0 amide bonds. The molecule has 1 heterocycles. The average Bonchev–Trinajstić information content (AvgIpc) is 2.68. The first-order valence-electron chi connectivity index (χ1n) is 5.47. The van der Waals surface area contributed by atoms with Gasteiger partial charge >= 0.3 is 12.4 Å². The van der Waals surface area contributed by atoms with Gasteiger partial charge in [-0.2, -0.15) is 18.2 Å². The minimum absolute atomic E-state index is 0.330. The second-order valence-electron chi connectivity index (χ2n) is 4.25. The Labute approximate surface area is 106 Å². The summed E-state index contributed by atoms with van der Waals surface area (Å²) in [6.07, 6.45) is -6.83. The highest BCUT2D eigenvalue weighted by molar-refractivity contribution is 5.21. The second-order valence-corrected chi connectivity index (χ2v) is 4.25. The van der Waals surface area contributed by atoms with Crippen molar-refractivity contribution in [1.29, 1.82) is 0 Å². The normalized spacial score (nSPS) is 28.5. The zero-order valence-electron chi connectivity index (χ0n) is 9.87. The average molecular weight is 276 g/mol. The van der Waals surface area contributed by atoms with Crippen molar-refractivity contribution < 1.29 is 22.9 Å². The van der Waals surface area contributed by atoms with Crippen LogP contribution in [0.1, 0.15) is 11.6 Å². The Hall–Kier alpha value is -1.67. The Morgan fingerprint density at radius 2 is 1.89 bits per heavy atom. The van der Waals surface area contributed by atoms with Crippen LogP contribution in [0.4, 0.5) is 13.2 Å². The number of hydrogen-bond donors (Lipinski definition) is 0. The number of nitrogens with zero attached hydrogens (tertiary/aromatic N) is 2. The smallest absolute Gasteiger partial charge is 0.262 e. The first-order chi connectivity index (χ1) is 8.82. The minimum Gasteiger partial charge on any atom is -0.262 e. The molecule has 0 bridgehead atoms. The monoisotopic (exact) mass is 276 g/mol. The highest BCUT2D eigenvalue weighted by Gasteiger charge is 2.62. The third-order valence-electron chi connectivity index (χ3n) is 3.04. The number of hydrogen-bond acceptors (Lipinski definition) is 4. The lowest BCUT2D eigenvalue weighted by Gasteiger charge is -2.23. The Morgan fingerprint density at radius 1 is 1.32 bits per heavy atom. The van der Waals surface area contributed by atoms with Gasteiger partial charge in [0.25, 0.3) is 0 Å². The molecule has 5 nitrogen and oxygen atoms in total. The molecule has 1 aliphatic rings. The minimum atomic E-state index is -4.72. The molecule has 8 heteroatoms. The summed E-state index contributed by atoms with van der Waals surface area (Å²) in [5, 5.41) is 11.6. The van der Waals surface area contributed by atoms with E-state index >= 15 is 0 Å². The first kappa shape index (κ1) is 13.8. The summed E-state index contributed by atoms with van der Waals surface area (Å²) in [4.78, 5) is 14.4. The molecule has 1 aromatic rings. The van der Waals surface area contributed by atoms with Gasteiger partial charge in [-0.25, -0.2) is 4.84 Å². The first-order valence-corrected chi connectivity index (χ1v) is 5.47. The molecule has 2 rings (SSSR count). The molecule has 0 aliphatic carbocycles. The third kappa shape index (κ3) is 2.54. The Morgan fingerprint density at radius 3 is 2.37 bits per heavy atom. The van der Waals surface area contributed by atoms with E-state index in [-0.39, 0.29) is 0 Å². The molecule has 3 atom stereocenters. The maximum absolute atomic E-state index is 13.1. The fourth-order valence-electron chi connectivity index (χ4n) is 2.26. The van der Waals surface area contributed by atoms with Crippen molar-refractivity contribution in [3.8, 4) is 0 Å². The van der Waals surface area contributed by atoms with Crippen LogP contribution in [-0.4, -0.2) is 29.4 Å². The summed E-state index contributed by atoms with van der Waals surface area (Å²) in [7, 11) is 1.26. The van der Waals surface area contributed by atoms with E-state index < -0.39 is 29.3 Å². The van der Waals surface area contributed by atoms with E-state index in [9.17, 15) is 23.3 Å². The van der Waals surface area contributed by atoms with Gasteiger partial charge in [0.05, 0.1) is 11.0 Å². The van der Waals surface area contributed by atoms with Gasteiger partial charge in [0, 0.05) is 7.05 Å². The summed E-state index contributed by atoms with van der Waals surface area (Å²) in [6, 6.07) is 6.58. The Balaban J connectivity index is 2.43. The molecule has 1 saturated heterocycles. The number of rotatable bonds is 2. The maximum Gasteiger partial charge on any atom is 0.403 e. The molecule has 0 spiro atoms. The molecule has 0 unspecified atom stereocenters. The van der Waals surface area contributed by atoms with Crippen LogP contribution in [0.3, 0.4) is 0 Å². The quantitative estimate of drug-likeness (QED) is 0.614. The van der Waals surface area contributed by atoms with Gasteiger partial charge in [0.1, 0.15) is 0 Å². The molecule has 0 saturated carbocycles. The lowest BCUT2D eigenvalue weighted by molar-refractivity contribution is -0.596. The molecule has 1 fully saturated rings. The van der Waals surface area contributed by atoms with Crippen LogP contribution in [0.15, 0.2) is 30.3 Å². The third-order valence-corrected chi connectivity index (χ3v) is 3.04. The van der Waals surface area contributed by atoms with Crippen molar-refractivity contribution >= 4 is 0 Å². The van der Waals surface area contributed by atoms with E-state index in [0.29, 0.717) is 5.56 Å². The van der Waals surface area contributed by atoms with E-state index in [4.69, 9.17) is 4.84 Å². The van der Waals surface area contributed by atoms with E-state index in [1.807, 2.05) is 0 Å². The SMILES string of the molecule is CN1O[C@@H]([N+](=O)[O-])[C@H](C(F)(F)F)[C@@H]1c1ccccc1. The van der Waals surface area contributed by atoms with Crippen LogP contribution >= 0.6 is 0 Å². The summed E-state index contributed by atoms with van der Waals surface area (Å²) >= 11 is 0. The van der Waals surface area contributed by atoms with Crippen molar-refractivity contribution in [1.82, 2.24) is 5.06 Å². The molecule has 0 aromatic heterocycles. The van der Waals surface area contributed by atoms with E-state index in [0.717, 1.165) is 5.06 Å². The number of hydroxylamine groups is 2. The lowest BCUT2D eigenvalue weighted by Crippen LogP contribution is -2.38. The number of halogens is 3. The van der Waals surface area contributed by atoms with Crippen molar-refractivity contribution in [2.24, 2.45) is 5.92 Å². The standard InChI is InChI=1S/C11H11F3N2O3/c1-15-9(7-5-3-2-4-6-7)8(11(12,13)14)10(19-15)16(17)18/h2-6,8-10H,1H3/t8-,9+,10-/m1/s1. The van der Waals surface area contributed by atoms with Crippen molar-refractivity contribution in [3.63, 3.8) is 0 Å². The Kier molecular flexibility index (Phi) is 3.46. The molecule has 19 heavy (non-hydrogen) atoms. The Bertz CT molecular complexity index is 466. The summed E-state index contributed by atoms with van der Waals surface area (Å²) in [5.74, 6) is -2.20. The maximum atomic E-state index is 13.1. The predicted octanol–water partition coefficient (Wildman–Crippen LogP) is 2.39. The van der Waals surface area contributed by atoms with E-state index in [1.54, 1.807) is 18.2 Å². The van der Waals surface area contributed by atoms with Crippen molar-refractivity contribution in [2.75, 3.05) is 7.05 Å². The molecular weight excluding hydrogens is 265 g/mol. The molecule has 0 N–H and O–H groups in total. The van der Waals surface area contributed by atoms with Crippen LogP contribution in [0.2, 0.25) is 0 Å². The number of benzene rings is 1. The lowest BCUT2D eigenvalue weighted by atomic mass is 9.92. The van der Waals surface area contributed by atoms with Gasteiger partial charge in [-0.05, 0) is 5.56 Å². The van der Waals surface area contributed by atoms with Gasteiger partial charge in [-0.3, -0.25) is 10.1 Å². The summed E-state index contributed by atoms with van der Waals surface area (Å²) in [6.45, 7) is 0. The van der Waals surface area contributed by atoms with Crippen molar-refractivity contribution in [2.45, 2.75) is 18.4 Å². The highest BCUT2D eigenvalue weighted by Crippen LogP contribution is 2.47. The number of alkyl halides is 3. The molecule has 1 aromatic carbocycles. The fraction of sp³-hybridized carbons (Fsp3) is 0.455. The highest BCUT2D eigenvalue weighted by atomic mass is 19.4. The summed E-state index contributed by atoms with van der Waals surface area (Å²) < 4.78 is 39.2. The molecular formula is C11H11F3N2O3.